The van der Waals surface area contributed by atoms with Gasteiger partial charge in [-0.3, -0.25) is 4.79 Å². The molecule has 14 heavy (non-hydrogen) atoms. The van der Waals surface area contributed by atoms with E-state index in [-0.39, 0.29) is 11.3 Å². The summed E-state index contributed by atoms with van der Waals surface area (Å²) in [6.07, 6.45) is 3.46. The van der Waals surface area contributed by atoms with Gasteiger partial charge in [0.25, 0.3) is 0 Å². The first kappa shape index (κ1) is 13.0. The lowest BCUT2D eigenvalue weighted by atomic mass is 9.86. The number of carbonyl (C=O) groups is 1. The van der Waals surface area contributed by atoms with Crippen molar-refractivity contribution in [1.82, 2.24) is 5.32 Å². The number of unbranched alkanes of at least 4 members (excludes halogenated alkanes) is 1. The summed E-state index contributed by atoms with van der Waals surface area (Å²) in [4.78, 5) is 11.6. The maximum Gasteiger partial charge on any atom is 0.225 e. The van der Waals surface area contributed by atoms with E-state index in [1.807, 2.05) is 19.9 Å². The van der Waals surface area contributed by atoms with Crippen molar-refractivity contribution in [1.29, 1.82) is 5.26 Å². The zero-order valence-electron chi connectivity index (χ0n) is 9.39. The van der Waals surface area contributed by atoms with Crippen LogP contribution in [0.1, 0.15) is 46.5 Å². The summed E-state index contributed by atoms with van der Waals surface area (Å²) in [7, 11) is 0. The highest BCUT2D eigenvalue weighted by Crippen LogP contribution is 2.23. The summed E-state index contributed by atoms with van der Waals surface area (Å²) >= 11 is 0. The van der Waals surface area contributed by atoms with E-state index in [4.69, 9.17) is 5.26 Å². The molecule has 0 radical (unpaired) electrons. The van der Waals surface area contributed by atoms with Crippen LogP contribution in [0.5, 0.6) is 0 Å². The third-order valence-electron chi connectivity index (χ3n) is 2.29. The Labute approximate surface area is 86.5 Å². The highest BCUT2D eigenvalue weighted by Gasteiger charge is 2.25. The second-order valence-corrected chi connectivity index (χ2v) is 4.15. The normalized spacial score (nSPS) is 10.7. The Morgan fingerprint density at radius 1 is 1.50 bits per heavy atom. The Hall–Kier alpha value is -1.04. The molecule has 0 aliphatic carbocycles. The number of hydrogen-bond donors (Lipinski definition) is 1. The quantitative estimate of drug-likeness (QED) is 0.662. The van der Waals surface area contributed by atoms with Crippen LogP contribution in [-0.2, 0) is 4.79 Å². The van der Waals surface area contributed by atoms with Crippen molar-refractivity contribution in [2.45, 2.75) is 46.5 Å². The number of nitriles is 1. The number of rotatable bonds is 6. The van der Waals surface area contributed by atoms with E-state index in [1.54, 1.807) is 0 Å². The highest BCUT2D eigenvalue weighted by molar-refractivity contribution is 5.81. The summed E-state index contributed by atoms with van der Waals surface area (Å²) < 4.78 is 0. The Morgan fingerprint density at radius 3 is 2.64 bits per heavy atom. The second-order valence-electron chi connectivity index (χ2n) is 4.15. The van der Waals surface area contributed by atoms with Crippen LogP contribution in [0.25, 0.3) is 0 Å². The Balaban J connectivity index is 3.89. The predicted octanol–water partition coefficient (Wildman–Crippen LogP) is 2.23. The average molecular weight is 196 g/mol. The van der Waals surface area contributed by atoms with Crippen LogP contribution in [0.4, 0.5) is 0 Å². The lowest BCUT2D eigenvalue weighted by Crippen LogP contribution is -2.37. The van der Waals surface area contributed by atoms with Gasteiger partial charge in [0.1, 0.15) is 0 Å². The smallest absolute Gasteiger partial charge is 0.225 e. The van der Waals surface area contributed by atoms with Gasteiger partial charge in [-0.15, -0.1) is 0 Å². The van der Waals surface area contributed by atoms with Crippen molar-refractivity contribution in [3.8, 4) is 6.07 Å². The Bertz CT molecular complexity index is 216. The van der Waals surface area contributed by atoms with Gasteiger partial charge in [-0.25, -0.2) is 0 Å². The number of nitrogens with zero attached hydrogens (tertiary/aromatic N) is 1. The zero-order chi connectivity index (χ0) is 11.0. The van der Waals surface area contributed by atoms with E-state index in [1.165, 1.54) is 0 Å². The molecule has 0 rings (SSSR count). The third-order valence-corrected chi connectivity index (χ3v) is 2.29. The van der Waals surface area contributed by atoms with Crippen LogP contribution < -0.4 is 5.32 Å². The van der Waals surface area contributed by atoms with Crippen molar-refractivity contribution in [3.05, 3.63) is 0 Å². The minimum Gasteiger partial charge on any atom is -0.355 e. The Morgan fingerprint density at radius 2 is 2.14 bits per heavy atom. The van der Waals surface area contributed by atoms with Gasteiger partial charge in [0, 0.05) is 12.0 Å². The second kappa shape index (κ2) is 6.42. The molecule has 0 spiro atoms. The van der Waals surface area contributed by atoms with E-state index in [0.717, 1.165) is 19.3 Å². The molecule has 80 valence electrons. The maximum absolute atomic E-state index is 11.6. The van der Waals surface area contributed by atoms with Gasteiger partial charge >= 0.3 is 0 Å². The first-order valence-electron chi connectivity index (χ1n) is 5.20. The topological polar surface area (TPSA) is 52.9 Å². The van der Waals surface area contributed by atoms with Crippen LogP contribution >= 0.6 is 0 Å². The molecule has 0 aliphatic rings. The number of nitrogens with one attached hydrogen (secondary N) is 1. The fourth-order valence-corrected chi connectivity index (χ4v) is 1.20. The molecule has 0 aliphatic heterocycles. The lowest BCUT2D eigenvalue weighted by Gasteiger charge is -2.22. The molecule has 0 aromatic heterocycles. The molecule has 1 N–H and O–H groups in total. The molecule has 0 fully saturated rings. The average Bonchev–Trinajstić information content (AvgIpc) is 2.15. The first-order chi connectivity index (χ1) is 6.54. The van der Waals surface area contributed by atoms with E-state index < -0.39 is 0 Å². The lowest BCUT2D eigenvalue weighted by molar-refractivity contribution is -0.129. The number of carbonyl (C=O) groups excluding carboxylic acids is 1. The molecule has 0 unspecified atom stereocenters. The molecule has 3 heteroatoms. The summed E-state index contributed by atoms with van der Waals surface area (Å²) in [5, 5.41) is 11.1. The molecule has 0 aromatic rings. The molecule has 0 bridgehead atoms. The molecular formula is C11H20N2O. The standard InChI is InChI=1S/C11H20N2O/c1-4-5-7-11(2,3)10(14)13-9-6-8-12/h4-7,9H2,1-3H3,(H,13,14). The SMILES string of the molecule is CCCCC(C)(C)C(=O)NCCC#N. The predicted molar refractivity (Wildman–Crippen MR) is 56.5 cm³/mol. The van der Waals surface area contributed by atoms with Gasteiger partial charge in [-0.2, -0.15) is 5.26 Å². The molecule has 0 heterocycles. The fraction of sp³-hybridized carbons (Fsp3) is 0.818. The molecule has 0 saturated heterocycles. The monoisotopic (exact) mass is 196 g/mol. The van der Waals surface area contributed by atoms with E-state index in [0.29, 0.717) is 13.0 Å². The molecule has 3 nitrogen and oxygen atoms in total. The van der Waals surface area contributed by atoms with Crippen LogP contribution in [0.2, 0.25) is 0 Å². The van der Waals surface area contributed by atoms with Gasteiger partial charge in [-0.1, -0.05) is 33.6 Å². The van der Waals surface area contributed by atoms with Crippen LogP contribution in [0, 0.1) is 16.7 Å². The number of hydrogen-bond acceptors (Lipinski definition) is 2. The van der Waals surface area contributed by atoms with Crippen LogP contribution in [0.3, 0.4) is 0 Å². The van der Waals surface area contributed by atoms with Crippen LogP contribution in [0.15, 0.2) is 0 Å². The third kappa shape index (κ3) is 4.86. The molecule has 0 aromatic carbocycles. The summed E-state index contributed by atoms with van der Waals surface area (Å²) in [5.41, 5.74) is -0.300. The maximum atomic E-state index is 11.6. The van der Waals surface area contributed by atoms with Crippen molar-refractivity contribution >= 4 is 5.91 Å². The first-order valence-corrected chi connectivity index (χ1v) is 5.20. The van der Waals surface area contributed by atoms with Crippen molar-refractivity contribution in [2.24, 2.45) is 5.41 Å². The number of amides is 1. The summed E-state index contributed by atoms with van der Waals surface area (Å²) in [6.45, 7) is 6.48. The molecule has 1 amide bonds. The highest BCUT2D eigenvalue weighted by atomic mass is 16.2. The van der Waals surface area contributed by atoms with Gasteiger partial charge in [-0.05, 0) is 6.42 Å². The van der Waals surface area contributed by atoms with Gasteiger partial charge < -0.3 is 5.32 Å². The van der Waals surface area contributed by atoms with Crippen molar-refractivity contribution in [2.75, 3.05) is 6.54 Å². The minimum absolute atomic E-state index is 0.0567. The van der Waals surface area contributed by atoms with Crippen LogP contribution in [-0.4, -0.2) is 12.5 Å². The zero-order valence-corrected chi connectivity index (χ0v) is 9.39. The van der Waals surface area contributed by atoms with E-state index in [9.17, 15) is 4.79 Å². The summed E-state index contributed by atoms with van der Waals surface area (Å²) in [6, 6.07) is 2.00. The molecular weight excluding hydrogens is 176 g/mol. The van der Waals surface area contributed by atoms with Gasteiger partial charge in [0.15, 0.2) is 0 Å². The van der Waals surface area contributed by atoms with Crippen molar-refractivity contribution < 1.29 is 4.79 Å². The van der Waals surface area contributed by atoms with Gasteiger partial charge in [0.05, 0.1) is 12.5 Å². The molecule has 0 atom stereocenters. The largest absolute Gasteiger partial charge is 0.355 e. The van der Waals surface area contributed by atoms with Gasteiger partial charge in [0.2, 0.25) is 5.91 Å². The van der Waals surface area contributed by atoms with E-state index in [2.05, 4.69) is 12.2 Å². The Kier molecular flexibility index (Phi) is 5.94. The summed E-state index contributed by atoms with van der Waals surface area (Å²) in [5.74, 6) is 0.0567. The minimum atomic E-state index is -0.300. The molecule has 0 saturated carbocycles. The fourth-order valence-electron chi connectivity index (χ4n) is 1.20. The van der Waals surface area contributed by atoms with E-state index >= 15 is 0 Å². The van der Waals surface area contributed by atoms with Crippen molar-refractivity contribution in [3.63, 3.8) is 0 Å².